The van der Waals surface area contributed by atoms with Crippen molar-refractivity contribution in [3.05, 3.63) is 18.3 Å². The van der Waals surface area contributed by atoms with E-state index in [-0.39, 0.29) is 10.1 Å². The third-order valence-electron chi connectivity index (χ3n) is 3.19. The van der Waals surface area contributed by atoms with E-state index in [2.05, 4.69) is 14.9 Å². The Morgan fingerprint density at radius 3 is 2.90 bits per heavy atom. The zero-order valence-electron chi connectivity index (χ0n) is 10.9. The van der Waals surface area contributed by atoms with Gasteiger partial charge in [-0.25, -0.2) is 18.4 Å². The molecule has 1 aliphatic heterocycles. The Morgan fingerprint density at radius 1 is 1.35 bits per heavy atom. The van der Waals surface area contributed by atoms with Gasteiger partial charge in [-0.2, -0.15) is 0 Å². The lowest BCUT2D eigenvalue weighted by Gasteiger charge is -2.26. The normalized spacial score (nSPS) is 17.6. The highest BCUT2D eigenvalue weighted by atomic mass is 32.2. The molecule has 2 aromatic rings. The summed E-state index contributed by atoms with van der Waals surface area (Å²) >= 11 is 1.14. The molecule has 1 fully saturated rings. The quantitative estimate of drug-likeness (QED) is 0.831. The first kappa shape index (κ1) is 13.9. The van der Waals surface area contributed by atoms with Gasteiger partial charge >= 0.3 is 0 Å². The highest BCUT2D eigenvalue weighted by molar-refractivity contribution is 7.93. The first-order valence-electron chi connectivity index (χ1n) is 6.39. The molecule has 1 saturated heterocycles. The lowest BCUT2D eigenvalue weighted by atomic mass is 10.4. The highest BCUT2D eigenvalue weighted by Crippen LogP contribution is 2.24. The standard InChI is InChI=1S/C12H15N3O3S2/c16-20(17,9-6-15-4-7-18-8-5-15)12-14-10-2-1-3-13-11(10)19-12/h1-3H,4-9H2. The lowest BCUT2D eigenvalue weighted by molar-refractivity contribution is 0.0408. The van der Waals surface area contributed by atoms with Crippen molar-refractivity contribution in [3.63, 3.8) is 0 Å². The molecule has 0 unspecified atom stereocenters. The van der Waals surface area contributed by atoms with E-state index in [0.717, 1.165) is 24.4 Å². The van der Waals surface area contributed by atoms with Gasteiger partial charge in [0.25, 0.3) is 0 Å². The van der Waals surface area contributed by atoms with E-state index in [1.54, 1.807) is 18.3 Å². The van der Waals surface area contributed by atoms with Crippen LogP contribution in [0.25, 0.3) is 10.3 Å². The number of aromatic nitrogens is 2. The lowest BCUT2D eigenvalue weighted by Crippen LogP contribution is -2.39. The zero-order chi connectivity index (χ0) is 14.0. The van der Waals surface area contributed by atoms with Crippen LogP contribution < -0.4 is 0 Å². The molecular weight excluding hydrogens is 298 g/mol. The molecule has 0 atom stereocenters. The van der Waals surface area contributed by atoms with Crippen LogP contribution in [0.4, 0.5) is 0 Å². The number of hydrogen-bond acceptors (Lipinski definition) is 7. The third kappa shape index (κ3) is 2.98. The van der Waals surface area contributed by atoms with Crippen LogP contribution in [-0.2, 0) is 14.6 Å². The summed E-state index contributed by atoms with van der Waals surface area (Å²) in [6.07, 6.45) is 1.64. The molecule has 2 aromatic heterocycles. The van der Waals surface area contributed by atoms with E-state index in [4.69, 9.17) is 4.74 Å². The van der Waals surface area contributed by atoms with E-state index in [0.29, 0.717) is 30.1 Å². The summed E-state index contributed by atoms with van der Waals surface area (Å²) < 4.78 is 30.0. The van der Waals surface area contributed by atoms with E-state index < -0.39 is 9.84 Å². The van der Waals surface area contributed by atoms with Crippen molar-refractivity contribution in [1.29, 1.82) is 0 Å². The Balaban J connectivity index is 1.73. The molecule has 3 rings (SSSR count). The fourth-order valence-corrected chi connectivity index (χ4v) is 4.59. The van der Waals surface area contributed by atoms with Crippen LogP contribution in [0.3, 0.4) is 0 Å². The average molecular weight is 313 g/mol. The van der Waals surface area contributed by atoms with Gasteiger partial charge in [0.2, 0.25) is 14.2 Å². The summed E-state index contributed by atoms with van der Waals surface area (Å²) in [5.74, 6) is 0.0901. The number of nitrogens with zero attached hydrogens (tertiary/aromatic N) is 3. The number of thiazole rings is 1. The minimum absolute atomic E-state index is 0.0901. The molecule has 6 nitrogen and oxygen atoms in total. The van der Waals surface area contributed by atoms with Crippen molar-refractivity contribution in [2.45, 2.75) is 4.34 Å². The van der Waals surface area contributed by atoms with Crippen LogP contribution in [0.1, 0.15) is 0 Å². The van der Waals surface area contributed by atoms with E-state index in [1.807, 2.05) is 0 Å². The third-order valence-corrected chi connectivity index (χ3v) is 6.32. The van der Waals surface area contributed by atoms with Crippen molar-refractivity contribution in [2.75, 3.05) is 38.6 Å². The van der Waals surface area contributed by atoms with Crippen LogP contribution in [0.15, 0.2) is 22.7 Å². The van der Waals surface area contributed by atoms with E-state index in [1.165, 1.54) is 0 Å². The fourth-order valence-electron chi connectivity index (χ4n) is 2.04. The molecule has 1 aliphatic rings. The van der Waals surface area contributed by atoms with Crippen LogP contribution >= 0.6 is 11.3 Å². The van der Waals surface area contributed by atoms with Crippen LogP contribution in [0, 0.1) is 0 Å². The Morgan fingerprint density at radius 2 is 2.15 bits per heavy atom. The number of rotatable bonds is 4. The smallest absolute Gasteiger partial charge is 0.211 e. The fraction of sp³-hybridized carbons (Fsp3) is 0.500. The molecule has 8 heteroatoms. The van der Waals surface area contributed by atoms with Crippen molar-refractivity contribution in [2.24, 2.45) is 0 Å². The van der Waals surface area contributed by atoms with Crippen LogP contribution in [0.5, 0.6) is 0 Å². The molecule has 0 radical (unpaired) electrons. The summed E-state index contributed by atoms with van der Waals surface area (Å²) in [5, 5.41) is 0. The van der Waals surface area contributed by atoms with Crippen molar-refractivity contribution in [3.8, 4) is 0 Å². The minimum atomic E-state index is -3.34. The predicted molar refractivity (Wildman–Crippen MR) is 76.7 cm³/mol. The van der Waals surface area contributed by atoms with Gasteiger partial charge in [-0.05, 0) is 12.1 Å². The van der Waals surface area contributed by atoms with Gasteiger partial charge in [-0.3, -0.25) is 4.90 Å². The number of pyridine rings is 1. The Kier molecular flexibility index (Phi) is 3.97. The summed E-state index contributed by atoms with van der Waals surface area (Å²) in [7, 11) is -3.34. The minimum Gasteiger partial charge on any atom is -0.379 e. The number of fused-ring (bicyclic) bond motifs is 1. The largest absolute Gasteiger partial charge is 0.379 e. The van der Waals surface area contributed by atoms with Crippen molar-refractivity contribution in [1.82, 2.24) is 14.9 Å². The first-order valence-corrected chi connectivity index (χ1v) is 8.86. The molecule has 0 aliphatic carbocycles. The van der Waals surface area contributed by atoms with Gasteiger partial charge in [0.1, 0.15) is 10.3 Å². The maximum absolute atomic E-state index is 12.3. The van der Waals surface area contributed by atoms with Crippen LogP contribution in [0.2, 0.25) is 0 Å². The Labute approximate surface area is 121 Å². The number of ether oxygens (including phenoxy) is 1. The van der Waals surface area contributed by atoms with Gasteiger partial charge in [-0.1, -0.05) is 11.3 Å². The van der Waals surface area contributed by atoms with Gasteiger partial charge < -0.3 is 4.74 Å². The Hall–Kier alpha value is -1.09. The predicted octanol–water partition coefficient (Wildman–Crippen LogP) is 0.797. The van der Waals surface area contributed by atoms with Gasteiger partial charge in [0, 0.05) is 25.8 Å². The first-order chi connectivity index (χ1) is 9.65. The molecule has 0 amide bonds. The van der Waals surface area contributed by atoms with Crippen molar-refractivity contribution < 1.29 is 13.2 Å². The summed E-state index contributed by atoms with van der Waals surface area (Å²) in [6.45, 7) is 3.44. The van der Waals surface area contributed by atoms with Gasteiger partial charge in [0.05, 0.1) is 19.0 Å². The van der Waals surface area contributed by atoms with E-state index in [9.17, 15) is 8.42 Å². The maximum atomic E-state index is 12.3. The molecule has 0 bridgehead atoms. The molecule has 0 N–H and O–H groups in total. The maximum Gasteiger partial charge on any atom is 0.211 e. The average Bonchev–Trinajstić information content (AvgIpc) is 2.91. The molecule has 108 valence electrons. The Bertz CT molecular complexity index is 660. The number of sulfone groups is 1. The van der Waals surface area contributed by atoms with Crippen LogP contribution in [-0.4, -0.2) is 61.9 Å². The SMILES string of the molecule is O=S(=O)(CCN1CCOCC1)c1nc2cccnc2s1. The molecule has 0 saturated carbocycles. The second kappa shape index (κ2) is 5.72. The highest BCUT2D eigenvalue weighted by Gasteiger charge is 2.22. The molecule has 20 heavy (non-hydrogen) atoms. The monoisotopic (exact) mass is 313 g/mol. The number of morpholine rings is 1. The van der Waals surface area contributed by atoms with Gasteiger partial charge in [-0.15, -0.1) is 0 Å². The second-order valence-corrected chi connectivity index (χ2v) is 7.84. The zero-order valence-corrected chi connectivity index (χ0v) is 12.5. The van der Waals surface area contributed by atoms with E-state index >= 15 is 0 Å². The van der Waals surface area contributed by atoms with Crippen molar-refractivity contribution >= 4 is 31.5 Å². The molecule has 3 heterocycles. The van der Waals surface area contributed by atoms with Gasteiger partial charge in [0.15, 0.2) is 0 Å². The number of hydrogen-bond donors (Lipinski definition) is 0. The second-order valence-electron chi connectivity index (χ2n) is 4.58. The summed E-state index contributed by atoms with van der Waals surface area (Å²) in [5.41, 5.74) is 0.641. The molecule has 0 spiro atoms. The molecule has 0 aromatic carbocycles. The summed E-state index contributed by atoms with van der Waals surface area (Å²) in [6, 6.07) is 3.53. The topological polar surface area (TPSA) is 72.4 Å². The summed E-state index contributed by atoms with van der Waals surface area (Å²) in [4.78, 5) is 11.1. The molecular formula is C12H15N3O3S2.